The highest BCUT2D eigenvalue weighted by Crippen LogP contribution is 2.57. The van der Waals surface area contributed by atoms with E-state index in [0.717, 1.165) is 32.2 Å². The number of rotatable bonds is 10. The van der Waals surface area contributed by atoms with Crippen molar-refractivity contribution in [1.29, 1.82) is 0 Å². The zero-order valence-corrected chi connectivity index (χ0v) is 22.5. The van der Waals surface area contributed by atoms with Crippen LogP contribution in [0, 0.1) is 16.7 Å². The quantitative estimate of drug-likeness (QED) is 0.295. The number of carbonyl (C=O) groups excluding carboxylic acids is 1. The minimum atomic E-state index is -4.31. The average molecular weight is 524 g/mol. The Balaban J connectivity index is 1.71. The first-order valence-electron chi connectivity index (χ1n) is 12.8. The van der Waals surface area contributed by atoms with E-state index in [0.29, 0.717) is 28.5 Å². The second kappa shape index (κ2) is 10.5. The van der Waals surface area contributed by atoms with E-state index in [1.54, 1.807) is 12.1 Å². The van der Waals surface area contributed by atoms with Crippen LogP contribution < -0.4 is 16.4 Å². The Morgan fingerprint density at radius 2 is 1.92 bits per heavy atom. The molecule has 206 valence electrons. The van der Waals surface area contributed by atoms with Crippen LogP contribution >= 0.6 is 0 Å². The van der Waals surface area contributed by atoms with Crippen molar-refractivity contribution in [2.24, 2.45) is 33.2 Å². The molecule has 1 unspecified atom stereocenters. The minimum absolute atomic E-state index is 0.0427. The Morgan fingerprint density at radius 3 is 2.49 bits per heavy atom. The minimum Gasteiger partial charge on any atom is -0.478 e. The number of allylic oxidation sites excluding steroid dienone is 1. The summed E-state index contributed by atoms with van der Waals surface area (Å²) in [6.07, 6.45) is 2.75. The smallest absolute Gasteiger partial charge is 0.397 e. The molecule has 4 N–H and O–H groups in total. The Kier molecular flexibility index (Phi) is 8.19. The number of anilines is 1. The fourth-order valence-electron chi connectivity index (χ4n) is 4.90. The molecule has 1 aliphatic heterocycles. The predicted octanol–water partition coefficient (Wildman–Crippen LogP) is 5.86. The molecule has 10 heteroatoms. The van der Waals surface area contributed by atoms with Crippen molar-refractivity contribution in [3.8, 4) is 0 Å². The number of aliphatic imine (C=N–C) groups is 1. The lowest BCUT2D eigenvalue weighted by molar-refractivity contribution is -0.198. The molecule has 2 aliphatic rings. The molecule has 1 aromatic rings. The van der Waals surface area contributed by atoms with E-state index in [9.17, 15) is 18.0 Å². The first-order chi connectivity index (χ1) is 17.0. The molecule has 7 nitrogen and oxygen atoms in total. The van der Waals surface area contributed by atoms with Crippen LogP contribution in [0.25, 0.3) is 0 Å². The van der Waals surface area contributed by atoms with Gasteiger partial charge >= 0.3 is 6.18 Å². The molecular weight excluding hydrogens is 483 g/mol. The molecule has 0 bridgehead atoms. The standard InChI is InChI=1S/C27H40F3N5O2/c1-24(2,3)11-6-7-18-15-25(4,5)35(16-18)23-19(22(32)36)8-9-21(34-23)33-14-10-20(31)37-17-26(12-13-26)27(28,29)30/h8-10,14,18H,6-7,11-13,15-17,31H2,1-5H3,(H2,32,36). The summed E-state index contributed by atoms with van der Waals surface area (Å²) in [5.74, 6) is 0.552. The van der Waals surface area contributed by atoms with Gasteiger partial charge in [0.05, 0.1) is 5.56 Å². The van der Waals surface area contributed by atoms with Crippen LogP contribution in [0.2, 0.25) is 0 Å². The molecule has 2 fully saturated rings. The molecular formula is C27H40F3N5O2. The zero-order valence-electron chi connectivity index (χ0n) is 22.5. The van der Waals surface area contributed by atoms with E-state index in [4.69, 9.17) is 16.2 Å². The number of hydrogen-bond donors (Lipinski definition) is 2. The number of alkyl halides is 3. The van der Waals surface area contributed by atoms with Crippen LogP contribution in [0.1, 0.15) is 83.5 Å². The maximum atomic E-state index is 13.1. The van der Waals surface area contributed by atoms with Gasteiger partial charge in [-0.05, 0) is 69.4 Å². The van der Waals surface area contributed by atoms with Crippen LogP contribution in [0.15, 0.2) is 29.1 Å². The summed E-state index contributed by atoms with van der Waals surface area (Å²) in [4.78, 5) is 23.2. The monoisotopic (exact) mass is 523 g/mol. The highest BCUT2D eigenvalue weighted by atomic mass is 19.4. The van der Waals surface area contributed by atoms with Gasteiger partial charge < -0.3 is 21.1 Å². The fourth-order valence-corrected chi connectivity index (χ4v) is 4.90. The van der Waals surface area contributed by atoms with Gasteiger partial charge in [-0.25, -0.2) is 9.98 Å². The molecule has 0 spiro atoms. The van der Waals surface area contributed by atoms with Crippen molar-refractivity contribution in [1.82, 2.24) is 4.98 Å². The van der Waals surface area contributed by atoms with E-state index >= 15 is 0 Å². The fraction of sp³-hybridized carbons (Fsp3) is 0.667. The number of halogens is 3. The van der Waals surface area contributed by atoms with Crippen molar-refractivity contribution in [2.75, 3.05) is 18.1 Å². The lowest BCUT2D eigenvalue weighted by atomic mass is 9.86. The lowest BCUT2D eigenvalue weighted by Gasteiger charge is -2.33. The number of primary amides is 1. The highest BCUT2D eigenvalue weighted by molar-refractivity contribution is 5.98. The van der Waals surface area contributed by atoms with Gasteiger partial charge in [-0.3, -0.25) is 4.79 Å². The average Bonchev–Trinajstić information content (AvgIpc) is 3.50. The molecule has 1 atom stereocenters. The Bertz CT molecular complexity index is 1040. The number of nitrogens with zero attached hydrogens (tertiary/aromatic N) is 3. The molecule has 1 saturated carbocycles. The van der Waals surface area contributed by atoms with Crippen molar-refractivity contribution < 1.29 is 22.7 Å². The molecule has 0 aromatic carbocycles. The van der Waals surface area contributed by atoms with E-state index in [1.165, 1.54) is 12.3 Å². The largest absolute Gasteiger partial charge is 0.478 e. The number of amides is 1. The number of aromatic nitrogens is 1. The van der Waals surface area contributed by atoms with E-state index in [-0.39, 0.29) is 24.3 Å². The molecule has 1 aliphatic carbocycles. The number of ether oxygens (including phenoxy) is 1. The van der Waals surface area contributed by atoms with Crippen molar-refractivity contribution >= 4 is 23.8 Å². The third-order valence-corrected chi connectivity index (χ3v) is 7.30. The third kappa shape index (κ3) is 7.38. The summed E-state index contributed by atoms with van der Waals surface area (Å²) >= 11 is 0. The van der Waals surface area contributed by atoms with Gasteiger partial charge in [-0.15, -0.1) is 0 Å². The SMILES string of the molecule is CC(C)(C)CCCC1CN(c2nc(N=CC=C(N)OCC3(C(F)(F)F)CC3)ccc2C(N)=O)C(C)(C)C1. The molecule has 2 heterocycles. The summed E-state index contributed by atoms with van der Waals surface area (Å²) in [5, 5.41) is 0. The van der Waals surface area contributed by atoms with Crippen molar-refractivity contribution in [3.63, 3.8) is 0 Å². The number of nitrogens with two attached hydrogens (primary N) is 2. The second-order valence-corrected chi connectivity index (χ2v) is 12.3. The van der Waals surface area contributed by atoms with E-state index in [2.05, 4.69) is 49.5 Å². The summed E-state index contributed by atoms with van der Waals surface area (Å²) < 4.78 is 44.3. The van der Waals surface area contributed by atoms with Crippen LogP contribution in [-0.2, 0) is 4.74 Å². The normalized spacial score (nSPS) is 21.5. The van der Waals surface area contributed by atoms with Gasteiger partial charge in [0.2, 0.25) is 0 Å². The van der Waals surface area contributed by atoms with E-state index in [1.807, 2.05) is 0 Å². The molecule has 1 amide bonds. The van der Waals surface area contributed by atoms with Crippen molar-refractivity contribution in [3.05, 3.63) is 29.7 Å². The Labute approximate surface area is 217 Å². The summed E-state index contributed by atoms with van der Waals surface area (Å²) in [7, 11) is 0. The lowest BCUT2D eigenvalue weighted by Crippen LogP contribution is -2.40. The number of pyridine rings is 1. The van der Waals surface area contributed by atoms with Crippen LogP contribution in [0.4, 0.5) is 24.8 Å². The topological polar surface area (TPSA) is 107 Å². The van der Waals surface area contributed by atoms with Gasteiger partial charge in [-0.1, -0.05) is 27.2 Å². The first-order valence-corrected chi connectivity index (χ1v) is 12.8. The van der Waals surface area contributed by atoms with Crippen LogP contribution in [0.5, 0.6) is 0 Å². The number of hydrogen-bond acceptors (Lipinski definition) is 6. The van der Waals surface area contributed by atoms with Crippen LogP contribution in [-0.4, -0.2) is 42.0 Å². The molecule has 0 radical (unpaired) electrons. The molecule has 37 heavy (non-hydrogen) atoms. The zero-order chi connectivity index (χ0) is 27.6. The summed E-state index contributed by atoms with van der Waals surface area (Å²) in [6, 6.07) is 3.17. The van der Waals surface area contributed by atoms with Gasteiger partial charge in [0.15, 0.2) is 11.7 Å². The molecule has 1 saturated heterocycles. The molecule has 1 aromatic heterocycles. The Hall–Kier alpha value is -2.78. The van der Waals surface area contributed by atoms with E-state index < -0.39 is 24.1 Å². The van der Waals surface area contributed by atoms with Gasteiger partial charge in [0.25, 0.3) is 5.91 Å². The number of carbonyl (C=O) groups is 1. The summed E-state index contributed by atoms with van der Waals surface area (Å²) in [6.45, 7) is 11.2. The third-order valence-electron chi connectivity index (χ3n) is 7.30. The maximum absolute atomic E-state index is 13.1. The second-order valence-electron chi connectivity index (χ2n) is 12.3. The van der Waals surface area contributed by atoms with Gasteiger partial charge in [-0.2, -0.15) is 13.2 Å². The maximum Gasteiger partial charge on any atom is 0.397 e. The predicted molar refractivity (Wildman–Crippen MR) is 140 cm³/mol. The van der Waals surface area contributed by atoms with Gasteiger partial charge in [0, 0.05) is 24.4 Å². The highest BCUT2D eigenvalue weighted by Gasteiger charge is 2.63. The van der Waals surface area contributed by atoms with Crippen LogP contribution in [0.3, 0.4) is 0 Å². The van der Waals surface area contributed by atoms with Crippen molar-refractivity contribution in [2.45, 2.75) is 84.9 Å². The summed E-state index contributed by atoms with van der Waals surface area (Å²) in [5.41, 5.74) is 9.98. The molecule has 3 rings (SSSR count). The van der Waals surface area contributed by atoms with Gasteiger partial charge in [0.1, 0.15) is 17.8 Å². The first kappa shape index (κ1) is 28.8. The Morgan fingerprint density at radius 1 is 1.24 bits per heavy atom.